The van der Waals surface area contributed by atoms with E-state index >= 15 is 0 Å². The zero-order valence-corrected chi connectivity index (χ0v) is 12.8. The van der Waals surface area contributed by atoms with Crippen LogP contribution in [0.15, 0.2) is 24.3 Å². The molecule has 1 saturated heterocycles. The number of fused-ring (bicyclic) bond motifs is 1. The number of carboxylic acids is 1. The van der Waals surface area contributed by atoms with Gasteiger partial charge in [0, 0.05) is 12.0 Å². The molecule has 1 aromatic carbocycles. The van der Waals surface area contributed by atoms with Crippen LogP contribution in [0.1, 0.15) is 55.6 Å². The van der Waals surface area contributed by atoms with Crippen LogP contribution in [0.3, 0.4) is 0 Å². The van der Waals surface area contributed by atoms with E-state index in [9.17, 15) is 9.59 Å². The van der Waals surface area contributed by atoms with Crippen molar-refractivity contribution in [1.29, 1.82) is 0 Å². The van der Waals surface area contributed by atoms with Gasteiger partial charge in [-0.25, -0.2) is 4.79 Å². The molecule has 1 heterocycles. The van der Waals surface area contributed by atoms with E-state index in [1.165, 1.54) is 24.8 Å². The predicted octanol–water partition coefficient (Wildman–Crippen LogP) is 2.66. The summed E-state index contributed by atoms with van der Waals surface area (Å²) in [6.07, 6.45) is 6.71. The molecule has 1 fully saturated rings. The van der Waals surface area contributed by atoms with Gasteiger partial charge in [0.1, 0.15) is 0 Å². The van der Waals surface area contributed by atoms with Gasteiger partial charge >= 0.3 is 5.97 Å². The molecule has 1 aliphatic carbocycles. The van der Waals surface area contributed by atoms with E-state index in [0.717, 1.165) is 31.4 Å². The van der Waals surface area contributed by atoms with Gasteiger partial charge in [-0.1, -0.05) is 37.1 Å². The van der Waals surface area contributed by atoms with Crippen LogP contribution >= 0.6 is 0 Å². The molecule has 4 heteroatoms. The van der Waals surface area contributed by atoms with Crippen molar-refractivity contribution in [2.24, 2.45) is 0 Å². The van der Waals surface area contributed by atoms with E-state index in [0.29, 0.717) is 0 Å². The Bertz CT molecular complexity index is 573. The van der Waals surface area contributed by atoms with E-state index in [1.54, 1.807) is 0 Å². The van der Waals surface area contributed by atoms with Gasteiger partial charge in [-0.3, -0.25) is 4.79 Å². The van der Waals surface area contributed by atoms with Crippen molar-refractivity contribution in [3.63, 3.8) is 0 Å². The van der Waals surface area contributed by atoms with Crippen molar-refractivity contribution in [2.45, 2.75) is 56.4 Å². The average molecular weight is 301 g/mol. The molecular formula is C18H23NO3. The lowest BCUT2D eigenvalue weighted by Gasteiger charge is -2.42. The van der Waals surface area contributed by atoms with Crippen LogP contribution in [0.25, 0.3) is 0 Å². The molecule has 2 aliphatic rings. The van der Waals surface area contributed by atoms with Crippen molar-refractivity contribution in [3.8, 4) is 0 Å². The first-order valence-electron chi connectivity index (χ1n) is 8.19. The third kappa shape index (κ3) is 3.07. The Kier molecular flexibility index (Phi) is 4.30. The van der Waals surface area contributed by atoms with E-state index in [1.807, 2.05) is 12.1 Å². The van der Waals surface area contributed by atoms with Crippen molar-refractivity contribution >= 4 is 11.8 Å². The molecule has 2 atom stereocenters. The highest BCUT2D eigenvalue weighted by Gasteiger charge is 2.39. The summed E-state index contributed by atoms with van der Waals surface area (Å²) < 4.78 is 0. The Balaban J connectivity index is 1.90. The standard InChI is InChI=1S/C18H23NO3/c20-16(17(21)22)10-14-12-18(8-4-1-5-9-19-18)11-13-6-2-3-7-15(13)14/h2-3,6-7,14,19H,1,4-5,8-12H2,(H,21,22). The zero-order valence-electron chi connectivity index (χ0n) is 12.8. The fourth-order valence-corrected chi connectivity index (χ4v) is 4.14. The maximum absolute atomic E-state index is 11.7. The molecule has 1 spiro atoms. The first kappa shape index (κ1) is 15.2. The molecule has 0 aromatic heterocycles. The van der Waals surface area contributed by atoms with Gasteiger partial charge in [0.25, 0.3) is 0 Å². The van der Waals surface area contributed by atoms with Gasteiger partial charge < -0.3 is 10.4 Å². The second-order valence-corrected chi connectivity index (χ2v) is 6.73. The van der Waals surface area contributed by atoms with E-state index < -0.39 is 11.8 Å². The average Bonchev–Trinajstić information content (AvgIpc) is 2.72. The summed E-state index contributed by atoms with van der Waals surface area (Å²) in [6, 6.07) is 8.19. The molecule has 1 aliphatic heterocycles. The summed E-state index contributed by atoms with van der Waals surface area (Å²) in [5.41, 5.74) is 2.47. The SMILES string of the molecule is O=C(O)C(=O)CC1CC2(CCCCCN2)Cc2ccccc21. The first-order chi connectivity index (χ1) is 10.6. The molecule has 1 aromatic rings. The van der Waals surface area contributed by atoms with Gasteiger partial charge in [0.15, 0.2) is 0 Å². The number of benzene rings is 1. The number of nitrogens with one attached hydrogen (secondary N) is 1. The Morgan fingerprint density at radius 1 is 1.23 bits per heavy atom. The minimum absolute atomic E-state index is 0.0131. The Hall–Kier alpha value is -1.68. The maximum Gasteiger partial charge on any atom is 0.372 e. The molecule has 22 heavy (non-hydrogen) atoms. The van der Waals surface area contributed by atoms with E-state index in [-0.39, 0.29) is 17.9 Å². The molecule has 4 nitrogen and oxygen atoms in total. The number of hydrogen-bond acceptors (Lipinski definition) is 3. The van der Waals surface area contributed by atoms with Gasteiger partial charge in [-0.05, 0) is 49.3 Å². The highest BCUT2D eigenvalue weighted by molar-refractivity contribution is 6.32. The Morgan fingerprint density at radius 2 is 2.05 bits per heavy atom. The maximum atomic E-state index is 11.7. The Labute approximate surface area is 130 Å². The Morgan fingerprint density at radius 3 is 2.86 bits per heavy atom. The van der Waals surface area contributed by atoms with Crippen molar-refractivity contribution in [2.75, 3.05) is 6.54 Å². The van der Waals surface area contributed by atoms with Gasteiger partial charge in [-0.2, -0.15) is 0 Å². The fourth-order valence-electron chi connectivity index (χ4n) is 4.14. The van der Waals surface area contributed by atoms with Gasteiger partial charge in [-0.15, -0.1) is 0 Å². The molecule has 2 unspecified atom stereocenters. The highest BCUT2D eigenvalue weighted by Crippen LogP contribution is 2.42. The highest BCUT2D eigenvalue weighted by atomic mass is 16.4. The fraction of sp³-hybridized carbons (Fsp3) is 0.556. The van der Waals surface area contributed by atoms with Crippen molar-refractivity contribution < 1.29 is 14.7 Å². The summed E-state index contributed by atoms with van der Waals surface area (Å²) in [5, 5.41) is 12.7. The summed E-state index contributed by atoms with van der Waals surface area (Å²) in [6.45, 7) is 1.02. The number of carbonyl (C=O) groups excluding carboxylic acids is 1. The minimum atomic E-state index is -1.31. The second kappa shape index (κ2) is 6.21. The van der Waals surface area contributed by atoms with Crippen LogP contribution in [-0.2, 0) is 16.0 Å². The van der Waals surface area contributed by atoms with Crippen LogP contribution in [0.5, 0.6) is 0 Å². The number of aliphatic carboxylic acids is 1. The molecule has 2 N–H and O–H groups in total. The molecule has 0 bridgehead atoms. The number of ketones is 1. The summed E-state index contributed by atoms with van der Waals surface area (Å²) in [5.74, 6) is -1.98. The summed E-state index contributed by atoms with van der Waals surface area (Å²) in [4.78, 5) is 22.7. The lowest BCUT2D eigenvalue weighted by molar-refractivity contribution is -0.149. The van der Waals surface area contributed by atoms with Crippen LogP contribution in [-0.4, -0.2) is 28.9 Å². The monoisotopic (exact) mass is 301 g/mol. The molecule has 0 amide bonds. The number of rotatable bonds is 3. The summed E-state index contributed by atoms with van der Waals surface area (Å²) >= 11 is 0. The third-order valence-electron chi connectivity index (χ3n) is 5.16. The topological polar surface area (TPSA) is 66.4 Å². The molecule has 0 saturated carbocycles. The normalized spacial score (nSPS) is 27.9. The van der Waals surface area contributed by atoms with E-state index in [2.05, 4.69) is 17.4 Å². The molecule has 3 rings (SSSR count). The van der Waals surface area contributed by atoms with E-state index in [4.69, 9.17) is 5.11 Å². The predicted molar refractivity (Wildman–Crippen MR) is 84.0 cm³/mol. The molecular weight excluding hydrogens is 278 g/mol. The number of carboxylic acid groups (broad SMARTS) is 1. The van der Waals surface area contributed by atoms with Gasteiger partial charge in [0.2, 0.25) is 5.78 Å². The summed E-state index contributed by atoms with van der Waals surface area (Å²) in [7, 11) is 0. The van der Waals surface area contributed by atoms with Crippen LogP contribution in [0.4, 0.5) is 0 Å². The largest absolute Gasteiger partial charge is 0.476 e. The van der Waals surface area contributed by atoms with Gasteiger partial charge in [0.05, 0.1) is 0 Å². The minimum Gasteiger partial charge on any atom is -0.476 e. The van der Waals surface area contributed by atoms with Crippen LogP contribution in [0, 0.1) is 0 Å². The number of hydrogen-bond donors (Lipinski definition) is 2. The number of carbonyl (C=O) groups is 2. The second-order valence-electron chi connectivity index (χ2n) is 6.73. The number of Topliss-reactive ketones (excluding diaryl/α,β-unsaturated/α-hetero) is 1. The molecule has 0 radical (unpaired) electrons. The quantitative estimate of drug-likeness (QED) is 0.842. The van der Waals surface area contributed by atoms with Crippen LogP contribution < -0.4 is 5.32 Å². The molecule has 118 valence electrons. The lowest BCUT2D eigenvalue weighted by atomic mass is 9.69. The first-order valence-corrected chi connectivity index (χ1v) is 8.19. The zero-order chi connectivity index (χ0) is 15.6. The van der Waals surface area contributed by atoms with Crippen molar-refractivity contribution in [3.05, 3.63) is 35.4 Å². The van der Waals surface area contributed by atoms with Crippen LogP contribution in [0.2, 0.25) is 0 Å². The van der Waals surface area contributed by atoms with Crippen molar-refractivity contribution in [1.82, 2.24) is 5.32 Å². The third-order valence-corrected chi connectivity index (χ3v) is 5.16. The lowest BCUT2D eigenvalue weighted by Crippen LogP contribution is -2.50. The smallest absolute Gasteiger partial charge is 0.372 e.